The van der Waals surface area contributed by atoms with Crippen LogP contribution in [0.15, 0.2) is 52.6 Å². The molecule has 0 unspecified atom stereocenters. The molecule has 0 saturated heterocycles. The number of methoxy groups -OCH3 is 1. The third-order valence-corrected chi connectivity index (χ3v) is 12.6. The Morgan fingerprint density at radius 3 is 2.55 bits per heavy atom. The van der Waals surface area contributed by atoms with Crippen LogP contribution in [0.25, 0.3) is 10.9 Å². The zero-order valence-corrected chi connectivity index (χ0v) is 32.5. The minimum absolute atomic E-state index is 0.0878. The first-order valence-corrected chi connectivity index (χ1v) is 19.9. The fourth-order valence-electron chi connectivity index (χ4n) is 8.21. The summed E-state index contributed by atoms with van der Waals surface area (Å²) in [6.45, 7) is 1.12. The fourth-order valence-corrected chi connectivity index (χ4v) is 9.60. The molecule has 0 bridgehead atoms. The maximum atomic E-state index is 12.8. The van der Waals surface area contributed by atoms with E-state index in [4.69, 9.17) is 21.1 Å². The normalized spacial score (nSPS) is 19.3. The Bertz CT molecular complexity index is 2040. The predicted octanol–water partition coefficient (Wildman–Crippen LogP) is 6.45. The number of H-pyrrole nitrogens is 1. The van der Waals surface area contributed by atoms with Gasteiger partial charge in [-0.25, -0.2) is 9.59 Å². The van der Waals surface area contributed by atoms with Crippen molar-refractivity contribution in [2.45, 2.75) is 81.6 Å². The van der Waals surface area contributed by atoms with Gasteiger partial charge in [-0.2, -0.15) is 0 Å². The number of aromatic nitrogens is 1. The number of nitrogens with one attached hydrogen (secondary N) is 3. The van der Waals surface area contributed by atoms with E-state index in [0.29, 0.717) is 39.4 Å². The highest BCUT2D eigenvalue weighted by molar-refractivity contribution is 7.10. The molecule has 2 aliphatic rings. The minimum atomic E-state index is -1.83. The third-order valence-electron chi connectivity index (χ3n) is 11.3. The van der Waals surface area contributed by atoms with Crippen molar-refractivity contribution < 1.29 is 39.5 Å². The van der Waals surface area contributed by atoms with Gasteiger partial charge in [0.25, 0.3) is 0 Å². The monoisotopic (exact) mass is 796 g/mol. The van der Waals surface area contributed by atoms with Crippen molar-refractivity contribution in [1.82, 2.24) is 15.2 Å². The van der Waals surface area contributed by atoms with Crippen LogP contribution in [0.2, 0.25) is 5.02 Å². The lowest BCUT2D eigenvalue weighted by atomic mass is 9.76. The van der Waals surface area contributed by atoms with E-state index in [-0.39, 0.29) is 59.4 Å². The summed E-state index contributed by atoms with van der Waals surface area (Å²) < 4.78 is 11.1. The van der Waals surface area contributed by atoms with Crippen LogP contribution >= 0.6 is 22.9 Å². The average molecular weight is 797 g/mol. The lowest BCUT2D eigenvalue weighted by molar-refractivity contribution is -0.166. The van der Waals surface area contributed by atoms with Crippen molar-refractivity contribution in [3.05, 3.63) is 84.8 Å². The highest BCUT2D eigenvalue weighted by atomic mass is 35.5. The number of carboxylic acid groups (broad SMARTS) is 1. The smallest absolute Gasteiger partial charge is 0.411 e. The molecule has 2 aliphatic carbocycles. The number of anilines is 1. The number of likely N-dealkylation sites (N-methyl/N-ethyl adjacent to an activating group) is 1. The van der Waals surface area contributed by atoms with Crippen LogP contribution in [0.5, 0.6) is 11.5 Å². The Kier molecular flexibility index (Phi) is 13.1. The summed E-state index contributed by atoms with van der Waals surface area (Å²) in [5.74, 6) is -0.842. The molecule has 55 heavy (non-hydrogen) atoms. The summed E-state index contributed by atoms with van der Waals surface area (Å²) in [7, 11) is 3.51. The summed E-state index contributed by atoms with van der Waals surface area (Å²) >= 11 is 7.90. The number of phenols is 1. The number of ether oxygens (including phenoxy) is 2. The van der Waals surface area contributed by atoms with E-state index >= 15 is 0 Å². The topological polar surface area (TPSA) is 194 Å². The largest absolute Gasteiger partial charge is 0.506 e. The molecule has 1 amide bonds. The van der Waals surface area contributed by atoms with E-state index < -0.39 is 23.8 Å². The molecule has 2 aromatic carbocycles. The van der Waals surface area contributed by atoms with E-state index in [2.05, 4.69) is 20.5 Å². The summed E-state index contributed by atoms with van der Waals surface area (Å²) in [5, 5.41) is 51.3. The Hall–Kier alpha value is -4.18. The number of aromatic hydroxyl groups is 1. The molecular weight excluding hydrogens is 748 g/mol. The van der Waals surface area contributed by atoms with Gasteiger partial charge in [-0.15, -0.1) is 11.3 Å². The van der Waals surface area contributed by atoms with Crippen LogP contribution in [-0.2, 0) is 21.7 Å². The Balaban J connectivity index is 0.961. The number of fused-ring (bicyclic) bond motifs is 1. The number of pyridine rings is 1. The Labute approximate surface area is 328 Å². The minimum Gasteiger partial charge on any atom is -0.506 e. The van der Waals surface area contributed by atoms with Gasteiger partial charge in [0.15, 0.2) is 5.60 Å². The van der Waals surface area contributed by atoms with Crippen molar-refractivity contribution in [3.63, 3.8) is 0 Å². The highest BCUT2D eigenvalue weighted by Crippen LogP contribution is 2.48. The van der Waals surface area contributed by atoms with Crippen molar-refractivity contribution in [3.8, 4) is 11.5 Å². The number of aliphatic hydroxyl groups excluding tert-OH is 1. The van der Waals surface area contributed by atoms with Crippen LogP contribution in [0.4, 0.5) is 10.5 Å². The Morgan fingerprint density at radius 2 is 1.84 bits per heavy atom. The number of hydrogen-bond acceptors (Lipinski definition) is 11. The molecule has 0 radical (unpaired) electrons. The number of carboxylic acids is 1. The molecule has 2 atom stereocenters. The molecule has 2 saturated carbocycles. The maximum Gasteiger partial charge on any atom is 0.411 e. The van der Waals surface area contributed by atoms with Gasteiger partial charge >= 0.3 is 12.1 Å². The van der Waals surface area contributed by atoms with Gasteiger partial charge in [0.1, 0.15) is 18.1 Å². The quantitative estimate of drug-likeness (QED) is 0.0699. The zero-order valence-electron chi connectivity index (χ0n) is 31.0. The summed E-state index contributed by atoms with van der Waals surface area (Å²) in [4.78, 5) is 42.3. The van der Waals surface area contributed by atoms with Gasteiger partial charge in [0.05, 0.1) is 34.3 Å². The zero-order chi connectivity index (χ0) is 39.3. The molecule has 4 aromatic rings. The molecule has 6 rings (SSSR count). The second kappa shape index (κ2) is 17.7. The summed E-state index contributed by atoms with van der Waals surface area (Å²) in [6, 6.07) is 11.5. The number of rotatable bonds is 15. The molecule has 296 valence electrons. The lowest BCUT2D eigenvalue weighted by Gasteiger charge is -2.36. The molecule has 0 aliphatic heterocycles. The predicted molar refractivity (Wildman–Crippen MR) is 211 cm³/mol. The van der Waals surface area contributed by atoms with E-state index in [1.165, 1.54) is 30.6 Å². The molecule has 2 aromatic heterocycles. The molecule has 7 N–H and O–H groups in total. The Morgan fingerprint density at radius 1 is 1.09 bits per heavy atom. The summed E-state index contributed by atoms with van der Waals surface area (Å²) in [5.41, 5.74) is 0.582. The number of aliphatic hydroxyl groups is 2. The number of carbonyl (C=O) groups is 2. The fraction of sp³-hybridized carbons (Fsp3) is 0.475. The first-order chi connectivity index (χ1) is 26.4. The number of aromatic amines is 1. The van der Waals surface area contributed by atoms with Crippen LogP contribution in [0.3, 0.4) is 0 Å². The second-order valence-corrected chi connectivity index (χ2v) is 15.9. The van der Waals surface area contributed by atoms with E-state index in [1.54, 1.807) is 24.3 Å². The highest BCUT2D eigenvalue weighted by Gasteiger charge is 2.49. The van der Waals surface area contributed by atoms with Gasteiger partial charge in [-0.3, -0.25) is 10.1 Å². The average Bonchev–Trinajstić information content (AvgIpc) is 3.90. The standard InChI is InChI=1S/C40H49ClN4O9S/c1-45(26-9-7-23(8-10-26)27-15-18-55-37(27)40(52,38(49)50)25-5-3-4-6-25)16-17-54-39(51)43-31-20-34(53-2)24(19-30(31)41)21-42-22-33(47)28-11-13-32(46)36-29(28)12-14-35(48)44-36/h11-15,18-20,23,25-26,33,42,46-47,52H,3-10,16-17,21-22H2,1-2H3,(H,43,51)(H,44,48)(H,49,50)/t23?,26?,33-,40+/m0/s1. The number of halogens is 1. The molecule has 2 fully saturated rings. The number of hydrogen-bond donors (Lipinski definition) is 7. The third kappa shape index (κ3) is 8.95. The summed E-state index contributed by atoms with van der Waals surface area (Å²) in [6.07, 6.45) is 5.31. The number of thiophene rings is 1. The first-order valence-electron chi connectivity index (χ1n) is 18.7. The molecule has 2 heterocycles. The molecular formula is C40H49ClN4O9S. The lowest BCUT2D eigenvalue weighted by Crippen LogP contribution is -2.42. The van der Waals surface area contributed by atoms with Crippen LogP contribution < -0.4 is 20.9 Å². The SMILES string of the molecule is COc1cc(NC(=O)OCCN(C)C2CCC(c3ccsc3[C@@](O)(C(=O)O)C3CCCC3)CC2)c(Cl)cc1CNC[C@H](O)c1ccc(O)c2[nH]c(=O)ccc12. The van der Waals surface area contributed by atoms with Crippen LogP contribution in [0, 0.1) is 5.92 Å². The molecule has 13 nitrogen and oxygen atoms in total. The second-order valence-electron chi connectivity index (χ2n) is 14.6. The number of amides is 1. The van der Waals surface area contributed by atoms with Crippen LogP contribution in [0.1, 0.15) is 85.0 Å². The van der Waals surface area contributed by atoms with Crippen molar-refractivity contribution in [2.24, 2.45) is 5.92 Å². The number of carbonyl (C=O) groups excluding carboxylic acids is 1. The van der Waals surface area contributed by atoms with Crippen molar-refractivity contribution in [2.75, 3.05) is 39.2 Å². The van der Waals surface area contributed by atoms with Crippen molar-refractivity contribution >= 4 is 51.6 Å². The van der Waals surface area contributed by atoms with Gasteiger partial charge in [-0.1, -0.05) is 30.5 Å². The van der Waals surface area contributed by atoms with E-state index in [1.807, 2.05) is 18.5 Å². The van der Waals surface area contributed by atoms with Gasteiger partial charge in [0, 0.05) is 54.7 Å². The maximum absolute atomic E-state index is 12.8. The first kappa shape index (κ1) is 40.5. The van der Waals surface area contributed by atoms with Gasteiger partial charge in [0.2, 0.25) is 5.56 Å². The van der Waals surface area contributed by atoms with E-state index in [0.717, 1.165) is 56.9 Å². The van der Waals surface area contributed by atoms with Crippen LogP contribution in [-0.4, -0.2) is 82.3 Å². The number of phenolic OH excluding ortho intramolecular Hbond substituents is 1. The van der Waals surface area contributed by atoms with Gasteiger partial charge < -0.3 is 45.1 Å². The molecule has 0 spiro atoms. The van der Waals surface area contributed by atoms with Crippen molar-refractivity contribution in [1.29, 1.82) is 0 Å². The van der Waals surface area contributed by atoms with E-state index in [9.17, 15) is 34.8 Å². The van der Waals surface area contributed by atoms with Gasteiger partial charge in [-0.05, 0) is 92.3 Å². The number of aliphatic carboxylic acids is 1. The number of nitrogens with zero attached hydrogens (tertiary/aromatic N) is 1. The molecule has 15 heteroatoms. The number of benzene rings is 2.